The third-order valence-electron chi connectivity index (χ3n) is 4.06. The van der Waals surface area contributed by atoms with Gasteiger partial charge in [0.2, 0.25) is 0 Å². The largest absolute Gasteiger partial charge is 0.492 e. The zero-order valence-corrected chi connectivity index (χ0v) is 17.9. The van der Waals surface area contributed by atoms with E-state index in [9.17, 15) is 18.0 Å². The molecule has 2 rings (SSSR count). The van der Waals surface area contributed by atoms with E-state index in [0.29, 0.717) is 22.5 Å². The smallest absolute Gasteiger partial charge is 0.338 e. The summed E-state index contributed by atoms with van der Waals surface area (Å²) in [6.45, 7) is 3.66. The predicted molar refractivity (Wildman–Crippen MR) is 110 cm³/mol. The monoisotopic (exact) mass is 436 g/mol. The van der Waals surface area contributed by atoms with Crippen molar-refractivity contribution in [2.45, 2.75) is 24.8 Å². The Bertz CT molecular complexity index is 1010. The van der Waals surface area contributed by atoms with E-state index >= 15 is 0 Å². The SMILES string of the molecule is CCOc1ccccc1NC(=O)C(C)OC(=O)c1cccc(S(=O)(=O)N(C)OC)c1. The number of carbonyl (C=O) groups is 2. The molecule has 1 unspecified atom stereocenters. The van der Waals surface area contributed by atoms with E-state index in [2.05, 4.69) is 5.32 Å². The number of amides is 1. The van der Waals surface area contributed by atoms with Gasteiger partial charge in [-0.15, -0.1) is 0 Å². The molecule has 0 aromatic heterocycles. The van der Waals surface area contributed by atoms with Crippen molar-refractivity contribution in [2.24, 2.45) is 0 Å². The van der Waals surface area contributed by atoms with Crippen LogP contribution in [0, 0.1) is 0 Å². The number of ether oxygens (including phenoxy) is 2. The van der Waals surface area contributed by atoms with Crippen LogP contribution in [0.2, 0.25) is 0 Å². The van der Waals surface area contributed by atoms with E-state index in [4.69, 9.17) is 14.3 Å². The Balaban J connectivity index is 2.11. The molecular weight excluding hydrogens is 412 g/mol. The standard InChI is InChI=1S/C20H24N2O7S/c1-5-28-18-12-7-6-11-17(18)21-19(23)14(2)29-20(24)15-9-8-10-16(13-15)30(25,26)22(3)27-4/h6-14H,5H2,1-4H3,(H,21,23). The third kappa shape index (κ3) is 5.56. The second-order valence-electron chi connectivity index (χ2n) is 6.09. The first kappa shape index (κ1) is 23.3. The summed E-state index contributed by atoms with van der Waals surface area (Å²) in [4.78, 5) is 29.4. The van der Waals surface area contributed by atoms with Crippen molar-refractivity contribution >= 4 is 27.6 Å². The van der Waals surface area contributed by atoms with Crippen LogP contribution in [-0.4, -0.2) is 51.6 Å². The van der Waals surface area contributed by atoms with Gasteiger partial charge in [-0.1, -0.05) is 22.7 Å². The average Bonchev–Trinajstić information content (AvgIpc) is 2.74. The number of rotatable bonds is 9. The van der Waals surface area contributed by atoms with Gasteiger partial charge in [-0.3, -0.25) is 9.63 Å². The van der Waals surface area contributed by atoms with Crippen molar-refractivity contribution in [2.75, 3.05) is 26.1 Å². The molecule has 9 nitrogen and oxygen atoms in total. The Morgan fingerprint density at radius 2 is 1.83 bits per heavy atom. The van der Waals surface area contributed by atoms with Crippen LogP contribution in [0.15, 0.2) is 53.4 Å². The molecule has 0 spiro atoms. The molecule has 0 saturated heterocycles. The van der Waals surface area contributed by atoms with Crippen LogP contribution in [0.4, 0.5) is 5.69 Å². The molecule has 162 valence electrons. The fourth-order valence-electron chi connectivity index (χ4n) is 2.40. The van der Waals surface area contributed by atoms with E-state index in [0.717, 1.165) is 6.07 Å². The van der Waals surface area contributed by atoms with Crippen LogP contribution in [-0.2, 0) is 24.4 Å². The Morgan fingerprint density at radius 1 is 1.13 bits per heavy atom. The van der Waals surface area contributed by atoms with Gasteiger partial charge in [0.1, 0.15) is 5.75 Å². The van der Waals surface area contributed by atoms with Gasteiger partial charge < -0.3 is 14.8 Å². The highest BCUT2D eigenvalue weighted by Gasteiger charge is 2.24. The van der Waals surface area contributed by atoms with E-state index < -0.39 is 28.0 Å². The van der Waals surface area contributed by atoms with E-state index in [1.165, 1.54) is 39.3 Å². The Kier molecular flexibility index (Phi) is 7.93. The summed E-state index contributed by atoms with van der Waals surface area (Å²) >= 11 is 0. The van der Waals surface area contributed by atoms with Gasteiger partial charge in [-0.05, 0) is 44.2 Å². The molecular formula is C20H24N2O7S. The van der Waals surface area contributed by atoms with Gasteiger partial charge in [0, 0.05) is 7.05 Å². The molecule has 30 heavy (non-hydrogen) atoms. The summed E-state index contributed by atoms with van der Waals surface area (Å²) < 4.78 is 36.0. The molecule has 0 heterocycles. The number of para-hydroxylation sites is 2. The summed E-state index contributed by atoms with van der Waals surface area (Å²) in [6.07, 6.45) is -1.13. The first-order chi connectivity index (χ1) is 14.2. The molecule has 0 saturated carbocycles. The highest BCUT2D eigenvalue weighted by Crippen LogP contribution is 2.24. The molecule has 0 bridgehead atoms. The lowest BCUT2D eigenvalue weighted by molar-refractivity contribution is -0.123. The first-order valence-corrected chi connectivity index (χ1v) is 10.5. The molecule has 1 atom stereocenters. The van der Waals surface area contributed by atoms with Gasteiger partial charge in [0.15, 0.2) is 6.10 Å². The van der Waals surface area contributed by atoms with Crippen molar-refractivity contribution in [1.82, 2.24) is 4.47 Å². The lowest BCUT2D eigenvalue weighted by Crippen LogP contribution is -2.30. The number of hydrogen-bond acceptors (Lipinski definition) is 7. The number of nitrogens with zero attached hydrogens (tertiary/aromatic N) is 1. The Labute approximate surface area is 175 Å². The Morgan fingerprint density at radius 3 is 2.50 bits per heavy atom. The van der Waals surface area contributed by atoms with Gasteiger partial charge in [0.05, 0.1) is 29.9 Å². The number of hydrogen-bond donors (Lipinski definition) is 1. The topological polar surface area (TPSA) is 111 Å². The summed E-state index contributed by atoms with van der Waals surface area (Å²) in [5.41, 5.74) is 0.429. The number of esters is 1. The van der Waals surface area contributed by atoms with E-state index in [1.807, 2.05) is 6.92 Å². The number of benzene rings is 2. The lowest BCUT2D eigenvalue weighted by Gasteiger charge is -2.16. The zero-order valence-electron chi connectivity index (χ0n) is 17.1. The number of hydroxylamine groups is 1. The number of sulfonamides is 1. The molecule has 0 radical (unpaired) electrons. The van der Waals surface area contributed by atoms with Crippen LogP contribution in [0.1, 0.15) is 24.2 Å². The van der Waals surface area contributed by atoms with Gasteiger partial charge >= 0.3 is 5.97 Å². The normalized spacial score (nSPS) is 12.3. The van der Waals surface area contributed by atoms with Gasteiger partial charge in [0.25, 0.3) is 15.9 Å². The molecule has 10 heteroatoms. The van der Waals surface area contributed by atoms with Crippen LogP contribution in [0.25, 0.3) is 0 Å². The van der Waals surface area contributed by atoms with Gasteiger partial charge in [-0.2, -0.15) is 0 Å². The number of nitrogens with one attached hydrogen (secondary N) is 1. The Hall–Kier alpha value is -2.95. The average molecular weight is 436 g/mol. The minimum Gasteiger partial charge on any atom is -0.492 e. The number of carbonyl (C=O) groups excluding carboxylic acids is 2. The van der Waals surface area contributed by atoms with Crippen LogP contribution in [0.5, 0.6) is 5.75 Å². The zero-order chi connectivity index (χ0) is 22.3. The summed E-state index contributed by atoms with van der Waals surface area (Å²) in [7, 11) is -1.49. The van der Waals surface area contributed by atoms with Crippen LogP contribution in [0.3, 0.4) is 0 Å². The molecule has 1 N–H and O–H groups in total. The molecule has 1 amide bonds. The molecule has 2 aromatic rings. The highest BCUT2D eigenvalue weighted by molar-refractivity contribution is 7.89. The third-order valence-corrected chi connectivity index (χ3v) is 5.74. The fraction of sp³-hybridized carbons (Fsp3) is 0.300. The summed E-state index contributed by atoms with van der Waals surface area (Å²) in [6, 6.07) is 12.1. The van der Waals surface area contributed by atoms with E-state index in [-0.39, 0.29) is 10.5 Å². The second kappa shape index (κ2) is 10.2. The first-order valence-electron chi connectivity index (χ1n) is 9.07. The van der Waals surface area contributed by atoms with Crippen molar-refractivity contribution in [1.29, 1.82) is 0 Å². The van der Waals surface area contributed by atoms with Crippen molar-refractivity contribution in [3.8, 4) is 5.75 Å². The molecule has 0 aliphatic rings. The van der Waals surface area contributed by atoms with Crippen LogP contribution < -0.4 is 10.1 Å². The van der Waals surface area contributed by atoms with Crippen molar-refractivity contribution in [3.63, 3.8) is 0 Å². The molecule has 0 fully saturated rings. The molecule has 0 aliphatic heterocycles. The quantitative estimate of drug-likeness (QED) is 0.475. The maximum atomic E-state index is 12.4. The van der Waals surface area contributed by atoms with Gasteiger partial charge in [-0.25, -0.2) is 13.2 Å². The van der Waals surface area contributed by atoms with Crippen molar-refractivity contribution in [3.05, 3.63) is 54.1 Å². The molecule has 2 aromatic carbocycles. The summed E-state index contributed by atoms with van der Waals surface area (Å²) in [5, 5.41) is 2.65. The summed E-state index contributed by atoms with van der Waals surface area (Å²) in [5.74, 6) is -0.904. The minimum atomic E-state index is -3.93. The van der Waals surface area contributed by atoms with Crippen molar-refractivity contribution < 1.29 is 32.3 Å². The predicted octanol–water partition coefficient (Wildman–Crippen LogP) is 2.45. The number of anilines is 1. The second-order valence-corrected chi connectivity index (χ2v) is 8.03. The highest BCUT2D eigenvalue weighted by atomic mass is 32.2. The lowest BCUT2D eigenvalue weighted by atomic mass is 10.2. The fourth-order valence-corrected chi connectivity index (χ4v) is 3.42. The van der Waals surface area contributed by atoms with Crippen LogP contribution >= 0.6 is 0 Å². The maximum Gasteiger partial charge on any atom is 0.338 e. The minimum absolute atomic E-state index is 0.0186. The van der Waals surface area contributed by atoms with E-state index in [1.54, 1.807) is 24.3 Å². The molecule has 0 aliphatic carbocycles. The maximum absolute atomic E-state index is 12.4.